The fourth-order valence-electron chi connectivity index (χ4n) is 4.16. The minimum absolute atomic E-state index is 0.312. The van der Waals surface area contributed by atoms with Crippen LogP contribution in [-0.2, 0) is 0 Å². The highest BCUT2D eigenvalue weighted by atomic mass is 15.3. The second-order valence-corrected chi connectivity index (χ2v) is 8.28. The van der Waals surface area contributed by atoms with E-state index in [1.165, 1.54) is 11.1 Å². The Hall–Kier alpha value is -1.72. The Morgan fingerprint density at radius 2 is 0.821 bits per heavy atom. The van der Waals surface area contributed by atoms with E-state index in [0.29, 0.717) is 12.1 Å². The Kier molecular flexibility index (Phi) is 7.63. The Labute approximate surface area is 171 Å². The van der Waals surface area contributed by atoms with E-state index >= 15 is 0 Å². The lowest BCUT2D eigenvalue weighted by molar-refractivity contribution is 0.0880. The van der Waals surface area contributed by atoms with Gasteiger partial charge in [0.1, 0.15) is 0 Å². The standard InChI is InChI=1S/C24H36N4/c1-25-15-16-26(2)18-20-28(4)24(22-13-9-6-10-14-22)23(27(3)19-17-25)21-11-7-5-8-12-21/h5-14,23-24H,15-20H2,1-4H3/t23-,24-/m0/s1. The van der Waals surface area contributed by atoms with Crippen molar-refractivity contribution in [3.8, 4) is 0 Å². The average molecular weight is 381 g/mol. The van der Waals surface area contributed by atoms with Gasteiger partial charge < -0.3 is 9.80 Å². The molecule has 1 aliphatic heterocycles. The van der Waals surface area contributed by atoms with Gasteiger partial charge in [-0.05, 0) is 39.3 Å². The third-order valence-corrected chi connectivity index (χ3v) is 6.06. The van der Waals surface area contributed by atoms with Gasteiger partial charge in [0.2, 0.25) is 0 Å². The molecule has 0 spiro atoms. The molecule has 2 aromatic carbocycles. The monoisotopic (exact) mass is 380 g/mol. The first-order chi connectivity index (χ1) is 13.6. The van der Waals surface area contributed by atoms with Crippen molar-refractivity contribution in [2.24, 2.45) is 0 Å². The summed E-state index contributed by atoms with van der Waals surface area (Å²) in [4.78, 5) is 10.0. The van der Waals surface area contributed by atoms with Gasteiger partial charge in [0.05, 0.1) is 12.1 Å². The molecular formula is C24H36N4. The summed E-state index contributed by atoms with van der Waals surface area (Å²) in [7, 11) is 9.05. The minimum Gasteiger partial charge on any atom is -0.304 e. The molecule has 3 rings (SSSR count). The zero-order valence-corrected chi connectivity index (χ0v) is 18.0. The van der Waals surface area contributed by atoms with Crippen molar-refractivity contribution >= 4 is 0 Å². The predicted molar refractivity (Wildman–Crippen MR) is 119 cm³/mol. The summed E-state index contributed by atoms with van der Waals surface area (Å²) < 4.78 is 0. The molecule has 2 aromatic rings. The van der Waals surface area contributed by atoms with Crippen molar-refractivity contribution in [2.45, 2.75) is 12.1 Å². The van der Waals surface area contributed by atoms with E-state index in [1.54, 1.807) is 0 Å². The second-order valence-electron chi connectivity index (χ2n) is 8.28. The topological polar surface area (TPSA) is 13.0 Å². The Morgan fingerprint density at radius 3 is 1.18 bits per heavy atom. The first kappa shape index (κ1) is 21.0. The largest absolute Gasteiger partial charge is 0.304 e. The van der Waals surface area contributed by atoms with Gasteiger partial charge in [-0.3, -0.25) is 9.80 Å². The summed E-state index contributed by atoms with van der Waals surface area (Å²) in [6.45, 7) is 6.50. The molecule has 0 radical (unpaired) electrons. The minimum atomic E-state index is 0.312. The smallest absolute Gasteiger partial charge is 0.0543 e. The first-order valence-electron chi connectivity index (χ1n) is 10.4. The molecule has 28 heavy (non-hydrogen) atoms. The van der Waals surface area contributed by atoms with Gasteiger partial charge in [-0.15, -0.1) is 0 Å². The molecule has 4 nitrogen and oxygen atoms in total. The molecule has 1 saturated heterocycles. The summed E-state index contributed by atoms with van der Waals surface area (Å²) in [6, 6.07) is 22.7. The maximum absolute atomic E-state index is 2.55. The van der Waals surface area contributed by atoms with Crippen LogP contribution in [0.1, 0.15) is 23.2 Å². The lowest BCUT2D eigenvalue weighted by atomic mass is 9.91. The highest BCUT2D eigenvalue weighted by molar-refractivity contribution is 5.28. The van der Waals surface area contributed by atoms with Gasteiger partial charge >= 0.3 is 0 Å². The zero-order chi connectivity index (χ0) is 19.9. The molecular weight excluding hydrogens is 344 g/mol. The molecule has 152 valence electrons. The molecule has 0 amide bonds. The number of benzene rings is 2. The van der Waals surface area contributed by atoms with Crippen LogP contribution in [0.25, 0.3) is 0 Å². The van der Waals surface area contributed by atoms with Crippen molar-refractivity contribution in [1.82, 2.24) is 19.6 Å². The fourth-order valence-corrected chi connectivity index (χ4v) is 4.16. The van der Waals surface area contributed by atoms with Crippen molar-refractivity contribution in [2.75, 3.05) is 67.5 Å². The predicted octanol–water partition coefficient (Wildman–Crippen LogP) is 3.21. The summed E-state index contributed by atoms with van der Waals surface area (Å²) in [5.74, 6) is 0. The Morgan fingerprint density at radius 1 is 0.500 bits per heavy atom. The number of hydrogen-bond acceptors (Lipinski definition) is 4. The van der Waals surface area contributed by atoms with Crippen molar-refractivity contribution in [3.05, 3.63) is 71.8 Å². The van der Waals surface area contributed by atoms with Gasteiger partial charge in [-0.25, -0.2) is 0 Å². The summed E-state index contributed by atoms with van der Waals surface area (Å²) in [5, 5.41) is 0. The van der Waals surface area contributed by atoms with Gasteiger partial charge in [0.25, 0.3) is 0 Å². The van der Waals surface area contributed by atoms with E-state index in [0.717, 1.165) is 39.3 Å². The molecule has 0 aliphatic carbocycles. The normalized spacial score (nSPS) is 25.1. The van der Waals surface area contributed by atoms with Crippen LogP contribution < -0.4 is 0 Å². The highest BCUT2D eigenvalue weighted by Gasteiger charge is 2.31. The fraction of sp³-hybridized carbons (Fsp3) is 0.500. The molecule has 1 fully saturated rings. The second kappa shape index (κ2) is 10.2. The molecule has 4 heteroatoms. The third-order valence-electron chi connectivity index (χ3n) is 6.06. The zero-order valence-electron chi connectivity index (χ0n) is 18.0. The lowest BCUT2D eigenvalue weighted by Gasteiger charge is -2.42. The van der Waals surface area contributed by atoms with Crippen molar-refractivity contribution in [3.63, 3.8) is 0 Å². The molecule has 2 atom stereocenters. The molecule has 0 N–H and O–H groups in total. The Balaban J connectivity index is 2.00. The van der Waals surface area contributed by atoms with Crippen LogP contribution in [-0.4, -0.2) is 87.1 Å². The van der Waals surface area contributed by atoms with Gasteiger partial charge in [-0.1, -0.05) is 60.7 Å². The average Bonchev–Trinajstić information content (AvgIpc) is 2.73. The number of likely N-dealkylation sites (N-methyl/N-ethyl adjacent to an activating group) is 4. The molecule has 0 saturated carbocycles. The maximum atomic E-state index is 2.55. The van der Waals surface area contributed by atoms with Crippen LogP contribution in [0.3, 0.4) is 0 Å². The van der Waals surface area contributed by atoms with Crippen LogP contribution in [0.15, 0.2) is 60.7 Å². The number of nitrogens with zero attached hydrogens (tertiary/aromatic N) is 4. The van der Waals surface area contributed by atoms with Gasteiger partial charge in [-0.2, -0.15) is 0 Å². The number of rotatable bonds is 2. The summed E-state index contributed by atoms with van der Waals surface area (Å²) in [6.07, 6.45) is 0. The number of hydrogen-bond donors (Lipinski definition) is 0. The van der Waals surface area contributed by atoms with E-state index in [1.807, 2.05) is 0 Å². The van der Waals surface area contributed by atoms with Crippen LogP contribution in [0, 0.1) is 0 Å². The van der Waals surface area contributed by atoms with Gasteiger partial charge in [0.15, 0.2) is 0 Å². The van der Waals surface area contributed by atoms with Crippen molar-refractivity contribution in [1.29, 1.82) is 0 Å². The molecule has 1 heterocycles. The van der Waals surface area contributed by atoms with E-state index in [4.69, 9.17) is 0 Å². The maximum Gasteiger partial charge on any atom is 0.0543 e. The van der Waals surface area contributed by atoms with Gasteiger partial charge in [0, 0.05) is 39.3 Å². The van der Waals surface area contributed by atoms with Crippen LogP contribution >= 0.6 is 0 Å². The molecule has 1 aliphatic rings. The molecule has 0 bridgehead atoms. The lowest BCUT2D eigenvalue weighted by Crippen LogP contribution is -2.45. The first-order valence-corrected chi connectivity index (χ1v) is 10.4. The van der Waals surface area contributed by atoms with E-state index in [-0.39, 0.29) is 0 Å². The Bertz CT molecular complexity index is 629. The molecule has 0 unspecified atom stereocenters. The summed E-state index contributed by atoms with van der Waals surface area (Å²) in [5.41, 5.74) is 2.78. The van der Waals surface area contributed by atoms with E-state index in [9.17, 15) is 0 Å². The molecule has 0 aromatic heterocycles. The van der Waals surface area contributed by atoms with E-state index in [2.05, 4.69) is 108 Å². The SMILES string of the molecule is CN1CCN(C)CCN(C)[C@@H](c2ccccc2)[C@H](c2ccccc2)N(C)CC1. The highest BCUT2D eigenvalue weighted by Crippen LogP contribution is 2.37. The van der Waals surface area contributed by atoms with Crippen molar-refractivity contribution < 1.29 is 0 Å². The quantitative estimate of drug-likeness (QED) is 0.793. The van der Waals surface area contributed by atoms with Crippen LogP contribution in [0.5, 0.6) is 0 Å². The van der Waals surface area contributed by atoms with Crippen LogP contribution in [0.2, 0.25) is 0 Å². The third kappa shape index (κ3) is 5.42. The van der Waals surface area contributed by atoms with E-state index < -0.39 is 0 Å². The summed E-state index contributed by atoms with van der Waals surface area (Å²) >= 11 is 0. The van der Waals surface area contributed by atoms with Crippen LogP contribution in [0.4, 0.5) is 0 Å².